The van der Waals surface area contributed by atoms with Gasteiger partial charge in [0.2, 0.25) is 0 Å². The van der Waals surface area contributed by atoms with E-state index in [0.717, 1.165) is 17.8 Å². The predicted octanol–water partition coefficient (Wildman–Crippen LogP) is 1.54. The van der Waals surface area contributed by atoms with Gasteiger partial charge in [-0.3, -0.25) is 0 Å². The Balaban J connectivity index is 1.95. The van der Waals surface area contributed by atoms with Gasteiger partial charge in [0.15, 0.2) is 9.84 Å². The second-order valence-electron chi connectivity index (χ2n) is 4.51. The molecule has 1 aliphatic rings. The van der Waals surface area contributed by atoms with Crippen molar-refractivity contribution in [2.75, 3.05) is 11.5 Å². The van der Waals surface area contributed by atoms with Crippen molar-refractivity contribution in [3.63, 3.8) is 0 Å². The molecular formula is C11H18N2O2S2. The molecule has 1 fully saturated rings. The van der Waals surface area contributed by atoms with Crippen molar-refractivity contribution in [2.45, 2.75) is 38.8 Å². The molecule has 0 spiro atoms. The zero-order valence-corrected chi connectivity index (χ0v) is 11.8. The van der Waals surface area contributed by atoms with Gasteiger partial charge < -0.3 is 5.32 Å². The standard InChI is InChI=1S/C11H18N2O2S2/c1-3-10-6-12-11(16-10)8(2)13-9-4-5-17(14,15)7-9/h6,8-9,13H,3-5,7H2,1-2H3. The molecule has 17 heavy (non-hydrogen) atoms. The van der Waals surface area contributed by atoms with Gasteiger partial charge in [0.05, 0.1) is 17.5 Å². The molecule has 1 N–H and O–H groups in total. The summed E-state index contributed by atoms with van der Waals surface area (Å²) in [6.07, 6.45) is 3.63. The van der Waals surface area contributed by atoms with Crippen molar-refractivity contribution < 1.29 is 8.42 Å². The Hall–Kier alpha value is -0.460. The highest BCUT2D eigenvalue weighted by atomic mass is 32.2. The fraction of sp³-hybridized carbons (Fsp3) is 0.727. The molecule has 0 aromatic carbocycles. The van der Waals surface area contributed by atoms with Gasteiger partial charge in [-0.05, 0) is 19.8 Å². The average Bonchev–Trinajstić information content (AvgIpc) is 2.85. The van der Waals surface area contributed by atoms with Crippen molar-refractivity contribution in [1.82, 2.24) is 10.3 Å². The number of hydrogen-bond donors (Lipinski definition) is 1. The molecule has 1 saturated heterocycles. The zero-order chi connectivity index (χ0) is 12.5. The molecule has 2 atom stereocenters. The van der Waals surface area contributed by atoms with Gasteiger partial charge in [0.1, 0.15) is 5.01 Å². The van der Waals surface area contributed by atoms with Crippen molar-refractivity contribution in [3.8, 4) is 0 Å². The second kappa shape index (κ2) is 5.04. The summed E-state index contributed by atoms with van der Waals surface area (Å²) in [5.74, 6) is 0.582. The number of thiazole rings is 1. The Morgan fingerprint density at radius 1 is 1.65 bits per heavy atom. The smallest absolute Gasteiger partial charge is 0.151 e. The first-order valence-corrected chi connectivity index (χ1v) is 8.55. The number of aryl methyl sites for hydroxylation is 1. The van der Waals surface area contributed by atoms with Crippen molar-refractivity contribution in [2.24, 2.45) is 0 Å². The maximum Gasteiger partial charge on any atom is 0.151 e. The van der Waals surface area contributed by atoms with Gasteiger partial charge >= 0.3 is 0 Å². The Morgan fingerprint density at radius 3 is 2.94 bits per heavy atom. The van der Waals surface area contributed by atoms with Crippen LogP contribution >= 0.6 is 11.3 Å². The minimum atomic E-state index is -2.80. The molecule has 6 heteroatoms. The molecule has 1 aliphatic heterocycles. The topological polar surface area (TPSA) is 59.1 Å². The van der Waals surface area contributed by atoms with Gasteiger partial charge in [-0.15, -0.1) is 11.3 Å². The zero-order valence-electron chi connectivity index (χ0n) is 10.1. The molecule has 1 aromatic heterocycles. The van der Waals surface area contributed by atoms with E-state index in [1.807, 2.05) is 13.1 Å². The lowest BCUT2D eigenvalue weighted by molar-refractivity contribution is 0.483. The van der Waals surface area contributed by atoms with E-state index in [1.165, 1.54) is 4.88 Å². The molecule has 0 radical (unpaired) electrons. The Kier molecular flexibility index (Phi) is 3.85. The van der Waals surface area contributed by atoms with Crippen molar-refractivity contribution >= 4 is 21.2 Å². The molecular weight excluding hydrogens is 256 g/mol. The summed E-state index contributed by atoms with van der Waals surface area (Å²) in [5, 5.41) is 4.40. The van der Waals surface area contributed by atoms with E-state index in [2.05, 4.69) is 17.2 Å². The minimum absolute atomic E-state index is 0.0870. The number of hydrogen-bond acceptors (Lipinski definition) is 5. The summed E-state index contributed by atoms with van der Waals surface area (Å²) < 4.78 is 22.7. The van der Waals surface area contributed by atoms with E-state index in [4.69, 9.17) is 0 Å². The molecule has 0 aliphatic carbocycles. The summed E-state index contributed by atoms with van der Waals surface area (Å²) in [6, 6.07) is 0.225. The largest absolute Gasteiger partial charge is 0.304 e. The lowest BCUT2D eigenvalue weighted by Gasteiger charge is -2.16. The first-order chi connectivity index (χ1) is 8.00. The van der Waals surface area contributed by atoms with E-state index in [0.29, 0.717) is 5.75 Å². The highest BCUT2D eigenvalue weighted by molar-refractivity contribution is 7.91. The molecule has 2 rings (SSSR count). The number of nitrogens with one attached hydrogen (secondary N) is 1. The number of aromatic nitrogens is 1. The van der Waals surface area contributed by atoms with Gasteiger partial charge in [-0.25, -0.2) is 13.4 Å². The van der Waals surface area contributed by atoms with Crippen LogP contribution in [0.5, 0.6) is 0 Å². The predicted molar refractivity (Wildman–Crippen MR) is 70.1 cm³/mol. The third kappa shape index (κ3) is 3.26. The number of sulfone groups is 1. The van der Waals surface area contributed by atoms with Crippen LogP contribution in [0.1, 0.15) is 36.2 Å². The Bertz CT molecular complexity index is 481. The van der Waals surface area contributed by atoms with Crippen LogP contribution in [0.15, 0.2) is 6.20 Å². The Labute approximate surface area is 106 Å². The van der Waals surface area contributed by atoms with Gasteiger partial charge in [-0.1, -0.05) is 6.92 Å². The highest BCUT2D eigenvalue weighted by Crippen LogP contribution is 2.22. The summed E-state index contributed by atoms with van der Waals surface area (Å²) in [7, 11) is -2.80. The normalized spacial score (nSPS) is 24.9. The van der Waals surface area contributed by atoms with Crippen LogP contribution in [0.25, 0.3) is 0 Å². The summed E-state index contributed by atoms with van der Waals surface area (Å²) >= 11 is 1.70. The Morgan fingerprint density at radius 2 is 2.41 bits per heavy atom. The molecule has 0 saturated carbocycles. The van der Waals surface area contributed by atoms with Crippen LogP contribution in [0.3, 0.4) is 0 Å². The molecule has 0 bridgehead atoms. The van der Waals surface area contributed by atoms with Crippen molar-refractivity contribution in [3.05, 3.63) is 16.1 Å². The third-order valence-corrected chi connectivity index (χ3v) is 6.10. The van der Waals surface area contributed by atoms with Crippen molar-refractivity contribution in [1.29, 1.82) is 0 Å². The van der Waals surface area contributed by atoms with E-state index in [1.54, 1.807) is 11.3 Å². The maximum atomic E-state index is 11.4. The summed E-state index contributed by atoms with van der Waals surface area (Å²) in [6.45, 7) is 4.15. The van der Waals surface area contributed by atoms with E-state index >= 15 is 0 Å². The first-order valence-electron chi connectivity index (χ1n) is 5.91. The SMILES string of the molecule is CCc1cnc(C(C)NC2CCS(=O)(=O)C2)s1. The summed E-state index contributed by atoms with van der Waals surface area (Å²) in [4.78, 5) is 5.64. The highest BCUT2D eigenvalue weighted by Gasteiger charge is 2.29. The van der Waals surface area contributed by atoms with Crippen LogP contribution in [0.4, 0.5) is 0 Å². The fourth-order valence-corrected chi connectivity index (χ4v) is 4.59. The average molecular weight is 274 g/mol. The van der Waals surface area contributed by atoms with Gasteiger partial charge in [0.25, 0.3) is 0 Å². The summed E-state index contributed by atoms with van der Waals surface area (Å²) in [5.41, 5.74) is 0. The van der Waals surface area contributed by atoms with E-state index in [9.17, 15) is 8.42 Å². The van der Waals surface area contributed by atoms with Crippen LogP contribution < -0.4 is 5.32 Å². The quantitative estimate of drug-likeness (QED) is 0.905. The molecule has 2 heterocycles. The number of nitrogens with zero attached hydrogens (tertiary/aromatic N) is 1. The molecule has 96 valence electrons. The van der Waals surface area contributed by atoms with Crippen LogP contribution in [0, 0.1) is 0 Å². The second-order valence-corrected chi connectivity index (χ2v) is 7.88. The third-order valence-electron chi connectivity index (χ3n) is 3.01. The van der Waals surface area contributed by atoms with Crippen LogP contribution in [0.2, 0.25) is 0 Å². The lowest BCUT2D eigenvalue weighted by atomic mass is 10.2. The van der Waals surface area contributed by atoms with E-state index < -0.39 is 9.84 Å². The maximum absolute atomic E-state index is 11.4. The van der Waals surface area contributed by atoms with Crippen LogP contribution in [-0.4, -0.2) is 30.9 Å². The van der Waals surface area contributed by atoms with E-state index in [-0.39, 0.29) is 17.8 Å². The van der Waals surface area contributed by atoms with Gasteiger partial charge in [0, 0.05) is 17.1 Å². The molecule has 4 nitrogen and oxygen atoms in total. The fourth-order valence-electron chi connectivity index (χ4n) is 2.04. The molecule has 2 unspecified atom stereocenters. The molecule has 1 aromatic rings. The monoisotopic (exact) mass is 274 g/mol. The minimum Gasteiger partial charge on any atom is -0.304 e. The lowest BCUT2D eigenvalue weighted by Crippen LogP contribution is -2.32. The number of rotatable bonds is 4. The first kappa shape index (κ1) is 13.0. The van der Waals surface area contributed by atoms with Crippen LogP contribution in [-0.2, 0) is 16.3 Å². The molecule has 0 amide bonds. The van der Waals surface area contributed by atoms with Gasteiger partial charge in [-0.2, -0.15) is 0 Å².